The van der Waals surface area contributed by atoms with Crippen LogP contribution < -0.4 is 9.47 Å². The largest absolute Gasteiger partial charge is 0.573 e. The molecule has 0 aliphatic carbocycles. The maximum absolute atomic E-state index is 12.1. The van der Waals surface area contributed by atoms with E-state index in [-0.39, 0.29) is 11.6 Å². The summed E-state index contributed by atoms with van der Waals surface area (Å²) < 4.78 is 44.5. The van der Waals surface area contributed by atoms with Crippen molar-refractivity contribution in [2.75, 3.05) is 7.11 Å². The smallest absolute Gasteiger partial charge is 0.481 e. The first-order valence-corrected chi connectivity index (χ1v) is 4.86. The van der Waals surface area contributed by atoms with Crippen LogP contribution >= 0.6 is 11.6 Å². The van der Waals surface area contributed by atoms with Gasteiger partial charge in [-0.05, 0) is 0 Å². The average Bonchev–Trinajstić information content (AvgIpc) is 2.25. The summed E-state index contributed by atoms with van der Waals surface area (Å²) in [5.41, 5.74) is -1.32. The van der Waals surface area contributed by atoms with E-state index in [9.17, 15) is 23.3 Å². The summed E-state index contributed by atoms with van der Waals surface area (Å²) in [4.78, 5) is 13.2. The Morgan fingerprint density at radius 1 is 1.56 bits per heavy atom. The summed E-state index contributed by atoms with van der Waals surface area (Å²) in [5, 5.41) is 10.7. The minimum Gasteiger partial charge on any atom is -0.481 e. The van der Waals surface area contributed by atoms with Gasteiger partial charge in [0.1, 0.15) is 5.69 Å². The Morgan fingerprint density at radius 3 is 2.56 bits per heavy atom. The van der Waals surface area contributed by atoms with Gasteiger partial charge >= 0.3 is 12.0 Å². The highest BCUT2D eigenvalue weighted by molar-refractivity contribution is 6.17. The van der Waals surface area contributed by atoms with Crippen molar-refractivity contribution in [1.29, 1.82) is 0 Å². The quantitative estimate of drug-likeness (QED) is 0.483. The number of rotatable bonds is 4. The van der Waals surface area contributed by atoms with Crippen molar-refractivity contribution in [3.05, 3.63) is 21.9 Å². The number of methoxy groups -OCH3 is 1. The van der Waals surface area contributed by atoms with Gasteiger partial charge in [-0.1, -0.05) is 0 Å². The van der Waals surface area contributed by atoms with Gasteiger partial charge in [0.25, 0.3) is 0 Å². The van der Waals surface area contributed by atoms with Crippen molar-refractivity contribution >= 4 is 17.3 Å². The van der Waals surface area contributed by atoms with Gasteiger partial charge in [0.05, 0.1) is 24.0 Å². The van der Waals surface area contributed by atoms with Crippen LogP contribution in [0.2, 0.25) is 0 Å². The van der Waals surface area contributed by atoms with Crippen molar-refractivity contribution in [3.8, 4) is 11.6 Å². The van der Waals surface area contributed by atoms with Gasteiger partial charge in [-0.2, -0.15) is 0 Å². The highest BCUT2D eigenvalue weighted by atomic mass is 35.5. The predicted molar refractivity (Wildman–Crippen MR) is 53.7 cm³/mol. The van der Waals surface area contributed by atoms with Gasteiger partial charge in [0.2, 0.25) is 11.6 Å². The van der Waals surface area contributed by atoms with E-state index in [1.54, 1.807) is 0 Å². The second-order valence-electron chi connectivity index (χ2n) is 2.90. The zero-order valence-electron chi connectivity index (χ0n) is 8.82. The molecular formula is C8H6ClF3N2O4. The van der Waals surface area contributed by atoms with Gasteiger partial charge in [0, 0.05) is 0 Å². The standard InChI is InChI=1S/C8H6ClF3N2O4/c1-17-6-2-5(18-8(10,11)12)7(14(15)16)4(3-9)13-6/h2H,3H2,1H3. The number of hydrogen-bond donors (Lipinski definition) is 0. The minimum atomic E-state index is -5.07. The third-order valence-electron chi connectivity index (χ3n) is 1.75. The van der Waals surface area contributed by atoms with Crippen LogP contribution in [0.1, 0.15) is 5.69 Å². The zero-order chi connectivity index (χ0) is 13.9. The number of nitro groups is 1. The summed E-state index contributed by atoms with van der Waals surface area (Å²) in [5.74, 6) is -1.74. The monoisotopic (exact) mass is 286 g/mol. The third-order valence-corrected chi connectivity index (χ3v) is 2.00. The summed E-state index contributed by atoms with van der Waals surface area (Å²) >= 11 is 5.39. The first-order chi connectivity index (χ1) is 8.28. The van der Waals surface area contributed by atoms with Crippen molar-refractivity contribution in [3.63, 3.8) is 0 Å². The van der Waals surface area contributed by atoms with E-state index >= 15 is 0 Å². The molecule has 0 saturated heterocycles. The van der Waals surface area contributed by atoms with E-state index in [2.05, 4.69) is 14.5 Å². The molecule has 0 spiro atoms. The topological polar surface area (TPSA) is 74.5 Å². The van der Waals surface area contributed by atoms with Crippen molar-refractivity contribution < 1.29 is 27.6 Å². The first kappa shape index (κ1) is 14.3. The molecule has 0 atom stereocenters. The van der Waals surface area contributed by atoms with Crippen LogP contribution in [0.25, 0.3) is 0 Å². The molecule has 1 aromatic rings. The second-order valence-corrected chi connectivity index (χ2v) is 3.16. The summed E-state index contributed by atoms with van der Waals surface area (Å²) in [6.07, 6.45) is -5.07. The lowest BCUT2D eigenvalue weighted by Crippen LogP contribution is -2.18. The average molecular weight is 287 g/mol. The summed E-state index contributed by atoms with van der Waals surface area (Å²) in [7, 11) is 1.14. The predicted octanol–water partition coefficient (Wildman–Crippen LogP) is 2.64. The first-order valence-electron chi connectivity index (χ1n) is 4.32. The Hall–Kier alpha value is -1.77. The van der Waals surface area contributed by atoms with Crippen molar-refractivity contribution in [1.82, 2.24) is 4.98 Å². The number of aromatic nitrogens is 1. The summed E-state index contributed by atoms with van der Waals surface area (Å²) in [6.45, 7) is 0. The lowest BCUT2D eigenvalue weighted by molar-refractivity contribution is -0.389. The molecule has 0 radical (unpaired) electrons. The highest BCUT2D eigenvalue weighted by Crippen LogP contribution is 2.37. The van der Waals surface area contributed by atoms with E-state index in [1.807, 2.05) is 0 Å². The molecule has 100 valence electrons. The number of halogens is 4. The van der Waals surface area contributed by atoms with Crippen LogP contribution in [0.15, 0.2) is 6.07 Å². The third kappa shape index (κ3) is 3.36. The fraction of sp³-hybridized carbons (Fsp3) is 0.375. The number of alkyl halides is 4. The lowest BCUT2D eigenvalue weighted by atomic mass is 10.3. The molecule has 0 unspecified atom stereocenters. The normalized spacial score (nSPS) is 11.2. The molecule has 0 amide bonds. The molecule has 1 aromatic heterocycles. The van der Waals surface area contributed by atoms with E-state index in [4.69, 9.17) is 11.6 Å². The molecule has 0 N–H and O–H groups in total. The second kappa shape index (κ2) is 5.25. The molecule has 0 fully saturated rings. The maximum Gasteiger partial charge on any atom is 0.573 e. The molecule has 10 heteroatoms. The van der Waals surface area contributed by atoms with Gasteiger partial charge in [-0.3, -0.25) is 10.1 Å². The lowest BCUT2D eigenvalue weighted by Gasteiger charge is -2.11. The Morgan fingerprint density at radius 2 is 2.17 bits per heavy atom. The van der Waals surface area contributed by atoms with Crippen LogP contribution in [-0.4, -0.2) is 23.4 Å². The molecule has 1 heterocycles. The van der Waals surface area contributed by atoms with Crippen LogP contribution in [0.4, 0.5) is 18.9 Å². The van der Waals surface area contributed by atoms with Crippen LogP contribution in [0.5, 0.6) is 11.6 Å². The molecule has 18 heavy (non-hydrogen) atoms. The van der Waals surface area contributed by atoms with E-state index in [1.165, 1.54) is 0 Å². The van der Waals surface area contributed by atoms with E-state index in [0.717, 1.165) is 7.11 Å². The molecule has 6 nitrogen and oxygen atoms in total. The molecule has 0 aliphatic heterocycles. The fourth-order valence-electron chi connectivity index (χ4n) is 1.14. The fourth-order valence-corrected chi connectivity index (χ4v) is 1.32. The Kier molecular flexibility index (Phi) is 4.17. The van der Waals surface area contributed by atoms with Gasteiger partial charge < -0.3 is 9.47 Å². The van der Waals surface area contributed by atoms with E-state index < -0.39 is 28.6 Å². The van der Waals surface area contributed by atoms with Crippen LogP contribution in [-0.2, 0) is 5.88 Å². The molecule has 1 rings (SSSR count). The van der Waals surface area contributed by atoms with Gasteiger partial charge in [-0.15, -0.1) is 24.8 Å². The molecule has 0 aromatic carbocycles. The zero-order valence-corrected chi connectivity index (χ0v) is 9.58. The van der Waals surface area contributed by atoms with Crippen LogP contribution in [0, 0.1) is 10.1 Å². The Balaban J connectivity index is 3.39. The van der Waals surface area contributed by atoms with Gasteiger partial charge in [0.15, 0.2) is 0 Å². The SMILES string of the molecule is COc1cc(OC(F)(F)F)c([N+](=O)[O-])c(CCl)n1. The highest BCUT2D eigenvalue weighted by Gasteiger charge is 2.36. The summed E-state index contributed by atoms with van der Waals surface area (Å²) in [6, 6.07) is 0.668. The van der Waals surface area contributed by atoms with Crippen LogP contribution in [0.3, 0.4) is 0 Å². The van der Waals surface area contributed by atoms with E-state index in [0.29, 0.717) is 6.07 Å². The molecule has 0 bridgehead atoms. The minimum absolute atomic E-state index is 0.268. The maximum atomic E-state index is 12.1. The van der Waals surface area contributed by atoms with Crippen molar-refractivity contribution in [2.24, 2.45) is 0 Å². The number of ether oxygens (including phenoxy) is 2. The van der Waals surface area contributed by atoms with Gasteiger partial charge in [-0.25, -0.2) is 4.98 Å². The Labute approximate surface area is 103 Å². The van der Waals surface area contributed by atoms with Crippen molar-refractivity contribution in [2.45, 2.75) is 12.2 Å². The number of hydrogen-bond acceptors (Lipinski definition) is 5. The molecular weight excluding hydrogens is 281 g/mol. The number of nitrogens with zero attached hydrogens (tertiary/aromatic N) is 2. The molecule has 0 saturated carbocycles. The number of pyridine rings is 1. The Bertz CT molecular complexity index is 466. The molecule has 0 aliphatic rings.